The summed E-state index contributed by atoms with van der Waals surface area (Å²) < 4.78 is 28.0. The first-order valence-corrected chi connectivity index (χ1v) is 6.65. The van der Waals surface area contributed by atoms with Gasteiger partial charge in [-0.1, -0.05) is 0 Å². The van der Waals surface area contributed by atoms with Gasteiger partial charge in [0.25, 0.3) is 0 Å². The van der Waals surface area contributed by atoms with Crippen molar-refractivity contribution in [2.24, 2.45) is 7.05 Å². The summed E-state index contributed by atoms with van der Waals surface area (Å²) in [6.07, 6.45) is 4.76. The molecule has 0 aliphatic carbocycles. The van der Waals surface area contributed by atoms with Gasteiger partial charge in [-0.2, -0.15) is 5.10 Å². The van der Waals surface area contributed by atoms with Crippen molar-refractivity contribution >= 4 is 15.8 Å². The smallest absolute Gasteiger partial charge is 0.244 e. The number of aryl methyl sites for hydroxylation is 1. The van der Waals surface area contributed by atoms with Crippen LogP contribution in [0.1, 0.15) is 5.56 Å². The van der Waals surface area contributed by atoms with Gasteiger partial charge in [-0.25, -0.2) is 18.1 Å². The van der Waals surface area contributed by atoms with Crippen LogP contribution in [0.3, 0.4) is 0 Å². The minimum Gasteiger partial charge on any atom is -0.383 e. The van der Waals surface area contributed by atoms with Crippen LogP contribution in [0.5, 0.6) is 0 Å². The van der Waals surface area contributed by atoms with Crippen LogP contribution in [0.4, 0.5) is 5.82 Å². The Balaban J connectivity index is 2.16. The van der Waals surface area contributed by atoms with E-state index in [4.69, 9.17) is 5.73 Å². The molecule has 2 rings (SSSR count). The van der Waals surface area contributed by atoms with E-state index in [0.717, 1.165) is 5.56 Å². The summed E-state index contributed by atoms with van der Waals surface area (Å²) in [5.74, 6) is -0.0174. The average Bonchev–Trinajstić information content (AvgIpc) is 2.73. The van der Waals surface area contributed by atoms with Crippen molar-refractivity contribution in [1.29, 1.82) is 0 Å². The second-order valence-corrected chi connectivity index (χ2v) is 5.47. The monoisotopic (exact) mass is 267 g/mol. The van der Waals surface area contributed by atoms with Gasteiger partial charge >= 0.3 is 0 Å². The van der Waals surface area contributed by atoms with E-state index in [1.807, 2.05) is 0 Å². The predicted molar refractivity (Wildman–Crippen MR) is 65.9 cm³/mol. The number of nitrogens with one attached hydrogen (secondary N) is 1. The number of aromatic nitrogens is 3. The molecule has 2 heterocycles. The van der Waals surface area contributed by atoms with Crippen LogP contribution in [0, 0.1) is 0 Å². The van der Waals surface area contributed by atoms with Crippen LogP contribution in [0.15, 0.2) is 35.6 Å². The highest BCUT2D eigenvalue weighted by molar-refractivity contribution is 7.89. The Labute approximate surface area is 105 Å². The third-order valence-electron chi connectivity index (χ3n) is 2.31. The van der Waals surface area contributed by atoms with Gasteiger partial charge in [0, 0.05) is 31.5 Å². The van der Waals surface area contributed by atoms with E-state index >= 15 is 0 Å². The maximum absolute atomic E-state index is 12.0. The largest absolute Gasteiger partial charge is 0.383 e. The highest BCUT2D eigenvalue weighted by Crippen LogP contribution is 2.14. The lowest BCUT2D eigenvalue weighted by Gasteiger charge is -2.06. The molecule has 0 radical (unpaired) electrons. The SMILES string of the molecule is Cn1cc(CNS(=O)(=O)c2cccnc2N)cn1. The molecule has 0 aromatic carbocycles. The number of sulfonamides is 1. The molecule has 96 valence electrons. The molecule has 18 heavy (non-hydrogen) atoms. The van der Waals surface area contributed by atoms with Gasteiger partial charge in [-0.3, -0.25) is 4.68 Å². The van der Waals surface area contributed by atoms with Gasteiger partial charge in [0.2, 0.25) is 10.0 Å². The van der Waals surface area contributed by atoms with Crippen LogP contribution in [0.25, 0.3) is 0 Å². The summed E-state index contributed by atoms with van der Waals surface area (Å²) in [5.41, 5.74) is 6.30. The van der Waals surface area contributed by atoms with Crippen LogP contribution >= 0.6 is 0 Å². The highest BCUT2D eigenvalue weighted by Gasteiger charge is 2.17. The molecule has 0 aliphatic rings. The number of anilines is 1. The third kappa shape index (κ3) is 2.66. The molecule has 0 bridgehead atoms. The predicted octanol–water partition coefficient (Wildman–Crippen LogP) is -0.124. The van der Waals surface area contributed by atoms with Crippen molar-refractivity contribution in [3.05, 3.63) is 36.3 Å². The Kier molecular flexibility index (Phi) is 3.30. The Morgan fingerprint density at radius 2 is 2.28 bits per heavy atom. The molecule has 0 aliphatic heterocycles. The molecular weight excluding hydrogens is 254 g/mol. The fourth-order valence-corrected chi connectivity index (χ4v) is 2.55. The zero-order chi connectivity index (χ0) is 13.2. The van der Waals surface area contributed by atoms with Crippen molar-refractivity contribution in [2.45, 2.75) is 11.4 Å². The Morgan fingerprint density at radius 1 is 1.50 bits per heavy atom. The number of nitrogen functional groups attached to an aromatic ring is 1. The van der Waals surface area contributed by atoms with Crippen LogP contribution < -0.4 is 10.5 Å². The van der Waals surface area contributed by atoms with Gasteiger partial charge in [-0.05, 0) is 12.1 Å². The van der Waals surface area contributed by atoms with E-state index in [-0.39, 0.29) is 17.3 Å². The summed E-state index contributed by atoms with van der Waals surface area (Å²) in [4.78, 5) is 3.73. The van der Waals surface area contributed by atoms with Crippen molar-refractivity contribution in [3.8, 4) is 0 Å². The molecule has 0 atom stereocenters. The van der Waals surface area contributed by atoms with Crippen LogP contribution in [-0.2, 0) is 23.6 Å². The topological polar surface area (TPSA) is 103 Å². The van der Waals surface area contributed by atoms with E-state index in [9.17, 15) is 8.42 Å². The second kappa shape index (κ2) is 4.75. The zero-order valence-electron chi connectivity index (χ0n) is 9.74. The zero-order valence-corrected chi connectivity index (χ0v) is 10.6. The maximum atomic E-state index is 12.0. The van der Waals surface area contributed by atoms with E-state index in [1.165, 1.54) is 18.3 Å². The first kappa shape index (κ1) is 12.5. The Hall–Kier alpha value is -1.93. The number of nitrogens with two attached hydrogens (primary N) is 1. The number of hydrogen-bond acceptors (Lipinski definition) is 5. The molecule has 7 nitrogen and oxygen atoms in total. The lowest BCUT2D eigenvalue weighted by Crippen LogP contribution is -2.24. The molecule has 3 N–H and O–H groups in total. The van der Waals surface area contributed by atoms with Crippen molar-refractivity contribution in [1.82, 2.24) is 19.5 Å². The summed E-state index contributed by atoms with van der Waals surface area (Å²) in [6.45, 7) is 0.157. The van der Waals surface area contributed by atoms with Gasteiger partial charge in [0.05, 0.1) is 6.20 Å². The molecule has 0 unspecified atom stereocenters. The van der Waals surface area contributed by atoms with Crippen LogP contribution in [0.2, 0.25) is 0 Å². The molecule has 2 aromatic rings. The minimum absolute atomic E-state index is 0.0174. The van der Waals surface area contributed by atoms with E-state index in [2.05, 4.69) is 14.8 Å². The summed E-state index contributed by atoms with van der Waals surface area (Å²) in [6, 6.07) is 2.93. The third-order valence-corrected chi connectivity index (χ3v) is 3.76. The molecule has 0 saturated heterocycles. The first-order chi connectivity index (χ1) is 8.49. The quantitative estimate of drug-likeness (QED) is 0.803. The van der Waals surface area contributed by atoms with E-state index in [0.29, 0.717) is 0 Å². The van der Waals surface area contributed by atoms with E-state index in [1.54, 1.807) is 24.1 Å². The Morgan fingerprint density at radius 3 is 2.89 bits per heavy atom. The normalized spacial score (nSPS) is 11.6. The maximum Gasteiger partial charge on any atom is 0.244 e. The van der Waals surface area contributed by atoms with Crippen molar-refractivity contribution < 1.29 is 8.42 Å². The lowest BCUT2D eigenvalue weighted by molar-refractivity contribution is 0.581. The second-order valence-electron chi connectivity index (χ2n) is 3.73. The fraction of sp³-hybridized carbons (Fsp3) is 0.200. The van der Waals surface area contributed by atoms with Gasteiger partial charge in [0.1, 0.15) is 10.7 Å². The molecular formula is C10H13N5O2S. The summed E-state index contributed by atoms with van der Waals surface area (Å²) in [5, 5.41) is 3.95. The van der Waals surface area contributed by atoms with Gasteiger partial charge in [-0.15, -0.1) is 0 Å². The van der Waals surface area contributed by atoms with Crippen LogP contribution in [-0.4, -0.2) is 23.2 Å². The molecule has 8 heteroatoms. The molecule has 0 fully saturated rings. The lowest BCUT2D eigenvalue weighted by atomic mass is 10.4. The number of rotatable bonds is 4. The average molecular weight is 267 g/mol. The summed E-state index contributed by atoms with van der Waals surface area (Å²) >= 11 is 0. The first-order valence-electron chi connectivity index (χ1n) is 5.17. The standard InChI is InChI=1S/C10H13N5O2S/c1-15-7-8(5-13-15)6-14-18(16,17)9-3-2-4-12-10(9)11/h2-5,7,14H,6H2,1H3,(H2,11,12). The molecule has 2 aromatic heterocycles. The Bertz CT molecular complexity index is 650. The van der Waals surface area contributed by atoms with Gasteiger partial charge in [0.15, 0.2) is 0 Å². The molecule has 0 spiro atoms. The summed E-state index contributed by atoms with van der Waals surface area (Å²) in [7, 11) is -1.89. The number of hydrogen-bond donors (Lipinski definition) is 2. The van der Waals surface area contributed by atoms with Crippen molar-refractivity contribution in [2.75, 3.05) is 5.73 Å². The minimum atomic E-state index is -3.65. The fourth-order valence-electron chi connectivity index (χ4n) is 1.45. The van der Waals surface area contributed by atoms with Gasteiger partial charge < -0.3 is 5.73 Å². The number of nitrogens with zero attached hydrogens (tertiary/aromatic N) is 3. The van der Waals surface area contributed by atoms with Crippen molar-refractivity contribution in [3.63, 3.8) is 0 Å². The molecule has 0 amide bonds. The number of pyridine rings is 1. The highest BCUT2D eigenvalue weighted by atomic mass is 32.2. The van der Waals surface area contributed by atoms with E-state index < -0.39 is 10.0 Å². The molecule has 0 saturated carbocycles.